The van der Waals surface area contributed by atoms with Crippen molar-refractivity contribution in [3.05, 3.63) is 59.5 Å². The van der Waals surface area contributed by atoms with Crippen LogP contribution in [0.1, 0.15) is 34.8 Å². The van der Waals surface area contributed by atoms with E-state index in [1.165, 1.54) is 6.39 Å². The molecule has 1 amide bonds. The van der Waals surface area contributed by atoms with Crippen LogP contribution in [0.3, 0.4) is 0 Å². The summed E-state index contributed by atoms with van der Waals surface area (Å²) in [5.74, 6) is -0.935. The lowest BCUT2D eigenvalue weighted by Gasteiger charge is -2.16. The second-order valence-corrected chi connectivity index (χ2v) is 6.13. The van der Waals surface area contributed by atoms with Gasteiger partial charge in [-0.1, -0.05) is 13.0 Å². The van der Waals surface area contributed by atoms with Crippen molar-refractivity contribution in [2.45, 2.75) is 33.3 Å². The Morgan fingerprint density at radius 2 is 1.96 bits per heavy atom. The monoisotopic (exact) mass is 352 g/mol. The van der Waals surface area contributed by atoms with E-state index in [2.05, 4.69) is 10.3 Å². The molecule has 2 aromatic carbocycles. The number of anilines is 1. The Bertz CT molecular complexity index is 961. The zero-order chi connectivity index (χ0) is 18.7. The van der Waals surface area contributed by atoms with E-state index in [4.69, 9.17) is 9.15 Å². The Kier molecular flexibility index (Phi) is 5.02. The fourth-order valence-electron chi connectivity index (χ4n) is 2.54. The quantitative estimate of drug-likeness (QED) is 0.702. The van der Waals surface area contributed by atoms with Crippen molar-refractivity contribution < 1.29 is 18.7 Å². The zero-order valence-electron chi connectivity index (χ0n) is 14.9. The van der Waals surface area contributed by atoms with E-state index in [0.717, 1.165) is 11.1 Å². The molecule has 1 unspecified atom stereocenters. The first-order chi connectivity index (χ1) is 12.5. The second-order valence-electron chi connectivity index (χ2n) is 6.13. The summed E-state index contributed by atoms with van der Waals surface area (Å²) in [4.78, 5) is 28.8. The van der Waals surface area contributed by atoms with Gasteiger partial charge in [0.25, 0.3) is 5.91 Å². The smallest absolute Gasteiger partial charge is 0.339 e. The zero-order valence-corrected chi connectivity index (χ0v) is 14.9. The van der Waals surface area contributed by atoms with Gasteiger partial charge in [0.2, 0.25) is 0 Å². The maximum atomic E-state index is 12.5. The molecule has 0 saturated heterocycles. The highest BCUT2D eigenvalue weighted by Crippen LogP contribution is 2.18. The normalized spacial score (nSPS) is 12.0. The van der Waals surface area contributed by atoms with Gasteiger partial charge in [-0.3, -0.25) is 4.79 Å². The highest BCUT2D eigenvalue weighted by atomic mass is 16.5. The Labute approximate surface area is 151 Å². The maximum absolute atomic E-state index is 12.5. The number of esters is 1. The van der Waals surface area contributed by atoms with Gasteiger partial charge in [-0.05, 0) is 61.7 Å². The number of hydrogen-bond acceptors (Lipinski definition) is 5. The van der Waals surface area contributed by atoms with Crippen LogP contribution in [0.15, 0.2) is 47.2 Å². The van der Waals surface area contributed by atoms with Crippen molar-refractivity contribution in [1.29, 1.82) is 0 Å². The molecule has 1 atom stereocenters. The highest BCUT2D eigenvalue weighted by Gasteiger charge is 2.22. The van der Waals surface area contributed by atoms with Crippen molar-refractivity contribution >= 4 is 28.7 Å². The molecular weight excluding hydrogens is 332 g/mol. The van der Waals surface area contributed by atoms with Gasteiger partial charge in [-0.2, -0.15) is 0 Å². The Hall–Kier alpha value is -3.15. The molecule has 3 aromatic rings. The molecule has 0 aliphatic rings. The molecule has 0 fully saturated rings. The minimum atomic E-state index is -0.880. The molecule has 134 valence electrons. The summed E-state index contributed by atoms with van der Waals surface area (Å²) in [6, 6.07) is 10.5. The second kappa shape index (κ2) is 7.39. The number of benzene rings is 2. The number of nitrogens with one attached hydrogen (secondary N) is 1. The van der Waals surface area contributed by atoms with Crippen molar-refractivity contribution in [2.75, 3.05) is 5.32 Å². The number of fused-ring (bicyclic) bond motifs is 1. The third-order valence-electron chi connectivity index (χ3n) is 4.25. The van der Waals surface area contributed by atoms with E-state index in [0.29, 0.717) is 28.8 Å². The number of ether oxygens (including phenoxy) is 1. The Morgan fingerprint density at radius 1 is 1.15 bits per heavy atom. The highest BCUT2D eigenvalue weighted by molar-refractivity contribution is 5.98. The molecule has 0 saturated carbocycles. The van der Waals surface area contributed by atoms with Crippen molar-refractivity contribution in [1.82, 2.24) is 4.98 Å². The lowest BCUT2D eigenvalue weighted by molar-refractivity contribution is -0.124. The van der Waals surface area contributed by atoms with E-state index in [1.807, 2.05) is 32.0 Å². The van der Waals surface area contributed by atoms with Gasteiger partial charge in [0, 0.05) is 5.69 Å². The predicted molar refractivity (Wildman–Crippen MR) is 98.0 cm³/mol. The molecule has 6 nitrogen and oxygen atoms in total. The van der Waals surface area contributed by atoms with Gasteiger partial charge in [-0.25, -0.2) is 9.78 Å². The molecule has 0 aliphatic carbocycles. The summed E-state index contributed by atoms with van der Waals surface area (Å²) in [5, 5.41) is 2.80. The van der Waals surface area contributed by atoms with E-state index in [-0.39, 0.29) is 5.91 Å². The van der Waals surface area contributed by atoms with E-state index < -0.39 is 12.1 Å². The van der Waals surface area contributed by atoms with Crippen LogP contribution < -0.4 is 5.32 Å². The lowest BCUT2D eigenvalue weighted by Crippen LogP contribution is -2.32. The molecule has 1 aromatic heterocycles. The molecule has 1 heterocycles. The number of hydrogen-bond donors (Lipinski definition) is 1. The minimum absolute atomic E-state index is 0.312. The van der Waals surface area contributed by atoms with Crippen LogP contribution in [0, 0.1) is 13.8 Å². The SMILES string of the molecule is CCC(OC(=O)c1ccc2ncoc2c1)C(=O)Nc1ccc(C)c(C)c1. The average Bonchev–Trinajstić information content (AvgIpc) is 3.10. The van der Waals surface area contributed by atoms with Gasteiger partial charge in [0.05, 0.1) is 5.56 Å². The first kappa shape index (κ1) is 17.7. The molecule has 0 radical (unpaired) electrons. The number of carbonyl (C=O) groups excluding carboxylic acids is 2. The fraction of sp³-hybridized carbons (Fsp3) is 0.250. The summed E-state index contributed by atoms with van der Waals surface area (Å²) >= 11 is 0. The summed E-state index contributed by atoms with van der Waals surface area (Å²) in [7, 11) is 0. The van der Waals surface area contributed by atoms with Gasteiger partial charge in [0.1, 0.15) is 5.52 Å². The number of oxazole rings is 1. The van der Waals surface area contributed by atoms with Crippen LogP contribution in [-0.2, 0) is 9.53 Å². The van der Waals surface area contributed by atoms with E-state index in [9.17, 15) is 9.59 Å². The molecule has 0 aliphatic heterocycles. The van der Waals surface area contributed by atoms with Gasteiger partial charge in [-0.15, -0.1) is 0 Å². The number of nitrogens with zero attached hydrogens (tertiary/aromatic N) is 1. The standard InChI is InChI=1S/C20H20N2O4/c1-4-17(19(23)22-15-7-5-12(2)13(3)9-15)26-20(24)14-6-8-16-18(10-14)25-11-21-16/h5-11,17H,4H2,1-3H3,(H,22,23). The molecule has 6 heteroatoms. The van der Waals surface area contributed by atoms with Crippen LogP contribution in [0.4, 0.5) is 5.69 Å². The predicted octanol–water partition coefficient (Wildman–Crippen LogP) is 4.02. The third kappa shape index (κ3) is 3.74. The summed E-state index contributed by atoms with van der Waals surface area (Å²) < 4.78 is 10.6. The topological polar surface area (TPSA) is 81.4 Å². The van der Waals surface area contributed by atoms with Gasteiger partial charge >= 0.3 is 5.97 Å². The molecule has 1 N–H and O–H groups in total. The Morgan fingerprint density at radius 3 is 2.69 bits per heavy atom. The van der Waals surface area contributed by atoms with Crippen molar-refractivity contribution in [2.24, 2.45) is 0 Å². The molecular formula is C20H20N2O4. The fourth-order valence-corrected chi connectivity index (χ4v) is 2.54. The molecule has 0 spiro atoms. The molecule has 26 heavy (non-hydrogen) atoms. The molecule has 3 rings (SSSR count). The number of aryl methyl sites for hydroxylation is 2. The number of carbonyl (C=O) groups is 2. The van der Waals surface area contributed by atoms with Gasteiger partial charge in [0.15, 0.2) is 18.1 Å². The van der Waals surface area contributed by atoms with Crippen LogP contribution in [0.25, 0.3) is 11.1 Å². The van der Waals surface area contributed by atoms with Crippen LogP contribution in [0.2, 0.25) is 0 Å². The van der Waals surface area contributed by atoms with Crippen molar-refractivity contribution in [3.8, 4) is 0 Å². The summed E-state index contributed by atoms with van der Waals surface area (Å²) in [5.41, 5.74) is 4.35. The lowest BCUT2D eigenvalue weighted by atomic mass is 10.1. The van der Waals surface area contributed by atoms with E-state index >= 15 is 0 Å². The van der Waals surface area contributed by atoms with Crippen LogP contribution in [-0.4, -0.2) is 23.0 Å². The first-order valence-corrected chi connectivity index (χ1v) is 8.40. The maximum Gasteiger partial charge on any atom is 0.339 e. The van der Waals surface area contributed by atoms with Gasteiger partial charge < -0.3 is 14.5 Å². The molecule has 0 bridgehead atoms. The van der Waals surface area contributed by atoms with Crippen LogP contribution in [0.5, 0.6) is 0 Å². The van der Waals surface area contributed by atoms with E-state index in [1.54, 1.807) is 25.1 Å². The largest absolute Gasteiger partial charge is 0.449 e. The summed E-state index contributed by atoms with van der Waals surface area (Å²) in [6.07, 6.45) is 0.799. The number of rotatable bonds is 5. The first-order valence-electron chi connectivity index (χ1n) is 8.40. The number of aromatic nitrogens is 1. The third-order valence-corrected chi connectivity index (χ3v) is 4.25. The Balaban J connectivity index is 1.70. The van der Waals surface area contributed by atoms with Crippen molar-refractivity contribution in [3.63, 3.8) is 0 Å². The van der Waals surface area contributed by atoms with Crippen LogP contribution >= 0.6 is 0 Å². The minimum Gasteiger partial charge on any atom is -0.449 e. The number of amides is 1. The summed E-state index contributed by atoms with van der Waals surface area (Å²) in [6.45, 7) is 5.77. The average molecular weight is 352 g/mol.